The summed E-state index contributed by atoms with van der Waals surface area (Å²) in [5.74, 6) is -0.854. The van der Waals surface area contributed by atoms with E-state index in [2.05, 4.69) is 4.98 Å². The standard InChI is InChI=1S/C15H21N3O3/c1-17-8-7-16-13(17)9-18(10-5-6-10)14(19)11-3-2-4-12(11)15(20)21/h7-8,10-12H,2-6,9H2,1H3,(H,20,21)/t11-,12+/m1/s1. The molecule has 2 aliphatic rings. The SMILES string of the molecule is Cn1ccnc1CN(C(=O)[C@@H]1CCC[C@@H]1C(=O)O)C1CC1. The van der Waals surface area contributed by atoms with Crippen molar-refractivity contribution in [2.45, 2.75) is 44.7 Å². The number of carboxylic acid groups (broad SMARTS) is 1. The summed E-state index contributed by atoms with van der Waals surface area (Å²) < 4.78 is 1.91. The Bertz CT molecular complexity index is 550. The quantitative estimate of drug-likeness (QED) is 0.890. The van der Waals surface area contributed by atoms with Gasteiger partial charge in [0.15, 0.2) is 0 Å². The van der Waals surface area contributed by atoms with Gasteiger partial charge in [-0.15, -0.1) is 0 Å². The lowest BCUT2D eigenvalue weighted by atomic mass is 9.94. The maximum Gasteiger partial charge on any atom is 0.307 e. The van der Waals surface area contributed by atoms with Gasteiger partial charge in [-0.25, -0.2) is 4.98 Å². The molecule has 0 saturated heterocycles. The van der Waals surface area contributed by atoms with Gasteiger partial charge in [-0.05, 0) is 25.7 Å². The molecule has 114 valence electrons. The molecule has 1 aromatic rings. The molecule has 21 heavy (non-hydrogen) atoms. The number of carboxylic acids is 1. The van der Waals surface area contributed by atoms with Crippen LogP contribution in [0, 0.1) is 11.8 Å². The second kappa shape index (κ2) is 5.50. The summed E-state index contributed by atoms with van der Waals surface area (Å²) in [5.41, 5.74) is 0. The van der Waals surface area contributed by atoms with Gasteiger partial charge >= 0.3 is 5.97 Å². The molecule has 6 heteroatoms. The van der Waals surface area contributed by atoms with Crippen molar-refractivity contribution in [3.63, 3.8) is 0 Å². The number of carbonyl (C=O) groups is 2. The highest BCUT2D eigenvalue weighted by molar-refractivity contribution is 5.85. The molecule has 0 spiro atoms. The van der Waals surface area contributed by atoms with E-state index in [1.165, 1.54) is 0 Å². The van der Waals surface area contributed by atoms with Gasteiger partial charge in [0.25, 0.3) is 0 Å². The van der Waals surface area contributed by atoms with Crippen molar-refractivity contribution in [2.75, 3.05) is 0 Å². The van der Waals surface area contributed by atoms with E-state index in [0.29, 0.717) is 19.4 Å². The predicted molar refractivity (Wildman–Crippen MR) is 75.2 cm³/mol. The number of carbonyl (C=O) groups excluding carboxylic acids is 1. The normalized spacial score (nSPS) is 25.0. The largest absolute Gasteiger partial charge is 0.481 e. The van der Waals surface area contributed by atoms with Crippen LogP contribution < -0.4 is 0 Å². The number of aryl methyl sites for hydroxylation is 1. The summed E-state index contributed by atoms with van der Waals surface area (Å²) in [4.78, 5) is 30.3. The molecule has 2 atom stereocenters. The maximum atomic E-state index is 12.8. The smallest absolute Gasteiger partial charge is 0.307 e. The molecular weight excluding hydrogens is 270 g/mol. The molecule has 1 amide bonds. The highest BCUT2D eigenvalue weighted by atomic mass is 16.4. The second-order valence-corrected chi connectivity index (χ2v) is 6.13. The third kappa shape index (κ3) is 2.80. The fourth-order valence-corrected chi connectivity index (χ4v) is 3.24. The zero-order valence-electron chi connectivity index (χ0n) is 12.2. The van der Waals surface area contributed by atoms with Gasteiger partial charge in [0, 0.05) is 25.5 Å². The third-order valence-electron chi connectivity index (χ3n) is 4.65. The summed E-state index contributed by atoms with van der Waals surface area (Å²) in [7, 11) is 1.91. The molecule has 1 aromatic heterocycles. The van der Waals surface area contributed by atoms with Crippen molar-refractivity contribution in [3.8, 4) is 0 Å². The summed E-state index contributed by atoms with van der Waals surface area (Å²) >= 11 is 0. The Balaban J connectivity index is 1.76. The van der Waals surface area contributed by atoms with Crippen LogP contribution in [0.4, 0.5) is 0 Å². The van der Waals surface area contributed by atoms with Gasteiger partial charge in [0.05, 0.1) is 18.4 Å². The molecule has 0 aliphatic heterocycles. The zero-order valence-corrected chi connectivity index (χ0v) is 12.2. The van der Waals surface area contributed by atoms with Crippen LogP contribution in [0.1, 0.15) is 37.9 Å². The minimum absolute atomic E-state index is 0.00500. The summed E-state index contributed by atoms with van der Waals surface area (Å²) in [6, 6.07) is 0.268. The molecule has 2 saturated carbocycles. The Hall–Kier alpha value is -1.85. The van der Waals surface area contributed by atoms with Crippen molar-refractivity contribution in [2.24, 2.45) is 18.9 Å². The first kappa shape index (κ1) is 14.1. The van der Waals surface area contributed by atoms with Crippen LogP contribution in [-0.2, 0) is 23.2 Å². The van der Waals surface area contributed by atoms with Crippen LogP contribution in [0.2, 0.25) is 0 Å². The number of hydrogen-bond acceptors (Lipinski definition) is 3. The van der Waals surface area contributed by atoms with E-state index in [9.17, 15) is 14.7 Å². The molecule has 0 bridgehead atoms. The van der Waals surface area contributed by atoms with E-state index in [1.54, 1.807) is 6.20 Å². The van der Waals surface area contributed by atoms with E-state index in [4.69, 9.17) is 0 Å². The molecule has 1 N–H and O–H groups in total. The highest BCUT2D eigenvalue weighted by Gasteiger charge is 2.43. The van der Waals surface area contributed by atoms with Crippen LogP contribution in [0.3, 0.4) is 0 Å². The molecule has 0 aromatic carbocycles. The Morgan fingerprint density at radius 3 is 2.62 bits per heavy atom. The first-order chi connectivity index (χ1) is 10.1. The number of hydrogen-bond donors (Lipinski definition) is 1. The Morgan fingerprint density at radius 1 is 1.33 bits per heavy atom. The van der Waals surface area contributed by atoms with Gasteiger partial charge in [-0.2, -0.15) is 0 Å². The predicted octanol–water partition coefficient (Wildman–Crippen LogP) is 1.41. The molecule has 0 unspecified atom stereocenters. The first-order valence-corrected chi connectivity index (χ1v) is 7.57. The van der Waals surface area contributed by atoms with Crippen molar-refractivity contribution < 1.29 is 14.7 Å². The van der Waals surface area contributed by atoms with Crippen molar-refractivity contribution in [1.29, 1.82) is 0 Å². The topological polar surface area (TPSA) is 75.4 Å². The van der Waals surface area contributed by atoms with Gasteiger partial charge in [-0.1, -0.05) is 6.42 Å². The maximum absolute atomic E-state index is 12.8. The average molecular weight is 291 g/mol. The molecule has 2 aliphatic carbocycles. The van der Waals surface area contributed by atoms with Crippen LogP contribution in [-0.4, -0.2) is 37.5 Å². The lowest BCUT2D eigenvalue weighted by molar-refractivity contribution is -0.149. The molecular formula is C15H21N3O3. The number of amides is 1. The van der Waals surface area contributed by atoms with Crippen molar-refractivity contribution >= 4 is 11.9 Å². The number of rotatable bonds is 5. The van der Waals surface area contributed by atoms with E-state index in [1.807, 2.05) is 22.7 Å². The van der Waals surface area contributed by atoms with E-state index >= 15 is 0 Å². The molecule has 1 heterocycles. The number of aromatic nitrogens is 2. The fourth-order valence-electron chi connectivity index (χ4n) is 3.24. The Kier molecular flexibility index (Phi) is 3.69. The lowest BCUT2D eigenvalue weighted by Crippen LogP contribution is -2.40. The van der Waals surface area contributed by atoms with E-state index < -0.39 is 11.9 Å². The second-order valence-electron chi connectivity index (χ2n) is 6.13. The van der Waals surface area contributed by atoms with Crippen LogP contribution in [0.15, 0.2) is 12.4 Å². The van der Waals surface area contributed by atoms with E-state index in [0.717, 1.165) is 25.1 Å². The van der Waals surface area contributed by atoms with Crippen molar-refractivity contribution in [3.05, 3.63) is 18.2 Å². The van der Waals surface area contributed by atoms with E-state index in [-0.39, 0.29) is 17.9 Å². The van der Waals surface area contributed by atoms with Crippen LogP contribution >= 0.6 is 0 Å². The lowest BCUT2D eigenvalue weighted by Gasteiger charge is -2.27. The van der Waals surface area contributed by atoms with Gasteiger partial charge in [0.2, 0.25) is 5.91 Å². The van der Waals surface area contributed by atoms with Crippen molar-refractivity contribution in [1.82, 2.24) is 14.5 Å². The summed E-state index contributed by atoms with van der Waals surface area (Å²) in [5, 5.41) is 9.28. The average Bonchev–Trinajstić information content (AvgIpc) is 3.01. The third-order valence-corrected chi connectivity index (χ3v) is 4.65. The summed E-state index contributed by atoms with van der Waals surface area (Å²) in [6.07, 6.45) is 7.75. The molecule has 3 rings (SSSR count). The van der Waals surface area contributed by atoms with Gasteiger partial charge < -0.3 is 14.6 Å². The molecule has 6 nitrogen and oxygen atoms in total. The summed E-state index contributed by atoms with van der Waals surface area (Å²) in [6.45, 7) is 0.482. The van der Waals surface area contributed by atoms with Gasteiger partial charge in [-0.3, -0.25) is 9.59 Å². The molecule has 0 radical (unpaired) electrons. The minimum atomic E-state index is -0.835. The monoisotopic (exact) mass is 291 g/mol. The zero-order chi connectivity index (χ0) is 15.0. The number of imidazole rings is 1. The highest BCUT2D eigenvalue weighted by Crippen LogP contribution is 2.37. The number of nitrogens with zero attached hydrogens (tertiary/aromatic N) is 3. The van der Waals surface area contributed by atoms with Crippen LogP contribution in [0.25, 0.3) is 0 Å². The van der Waals surface area contributed by atoms with Gasteiger partial charge in [0.1, 0.15) is 5.82 Å². The number of aliphatic carboxylic acids is 1. The van der Waals surface area contributed by atoms with Crippen LogP contribution in [0.5, 0.6) is 0 Å². The fraction of sp³-hybridized carbons (Fsp3) is 0.667. The minimum Gasteiger partial charge on any atom is -0.481 e. The Morgan fingerprint density at radius 2 is 2.05 bits per heavy atom. The Labute approximate surface area is 123 Å². The first-order valence-electron chi connectivity index (χ1n) is 7.57. The molecule has 2 fully saturated rings.